The van der Waals surface area contributed by atoms with Gasteiger partial charge >= 0.3 is 18.2 Å². The second-order valence-corrected chi connectivity index (χ2v) is 13.3. The largest absolute Gasteiger partial charge is 0.467 e. The van der Waals surface area contributed by atoms with Gasteiger partial charge in [-0.05, 0) is 38.8 Å². The van der Waals surface area contributed by atoms with Crippen LogP contribution in [0.1, 0.15) is 51.7 Å². The third-order valence-corrected chi connectivity index (χ3v) is 7.86. The molecule has 5 N–H and O–H groups in total. The van der Waals surface area contributed by atoms with Gasteiger partial charge in [0.25, 0.3) is 0 Å². The van der Waals surface area contributed by atoms with E-state index in [1.807, 2.05) is 12.1 Å². The summed E-state index contributed by atoms with van der Waals surface area (Å²) in [5, 5.41) is 12.2. The Morgan fingerprint density at radius 1 is 0.725 bits per heavy atom. The summed E-state index contributed by atoms with van der Waals surface area (Å²) in [6, 6.07) is 14.9. The molecule has 2 rings (SSSR count). The number of carbonyl (C=O) groups is 7. The molecule has 0 aliphatic heterocycles. The highest BCUT2D eigenvalue weighted by molar-refractivity contribution is 8.13. The van der Waals surface area contributed by atoms with Crippen molar-refractivity contribution in [3.63, 3.8) is 0 Å². The second-order valence-electron chi connectivity index (χ2n) is 12.2. The van der Waals surface area contributed by atoms with Gasteiger partial charge in [0.15, 0.2) is 0 Å². The summed E-state index contributed by atoms with van der Waals surface area (Å²) in [6.45, 7) is 6.49. The summed E-state index contributed by atoms with van der Waals surface area (Å²) in [4.78, 5) is 87.5. The Hall–Kier alpha value is -5.12. The number of ether oxygens (including phenoxy) is 3. The molecule has 0 saturated heterocycles. The van der Waals surface area contributed by atoms with Crippen LogP contribution in [0.25, 0.3) is 0 Å². The summed E-state index contributed by atoms with van der Waals surface area (Å²) in [6.07, 6.45) is -1.63. The number of esters is 1. The van der Waals surface area contributed by atoms with E-state index in [-0.39, 0.29) is 44.7 Å². The van der Waals surface area contributed by atoms with Crippen molar-refractivity contribution in [1.82, 2.24) is 26.6 Å². The van der Waals surface area contributed by atoms with E-state index in [2.05, 4.69) is 26.6 Å². The molecule has 278 valence electrons. The molecule has 0 saturated carbocycles. The zero-order valence-corrected chi connectivity index (χ0v) is 30.3. The van der Waals surface area contributed by atoms with E-state index in [4.69, 9.17) is 14.2 Å². The predicted molar refractivity (Wildman–Crippen MR) is 189 cm³/mol. The van der Waals surface area contributed by atoms with Gasteiger partial charge in [-0.2, -0.15) is 0 Å². The van der Waals surface area contributed by atoms with Crippen LogP contribution in [-0.2, 0) is 51.2 Å². The zero-order chi connectivity index (χ0) is 37.8. The number of hydrogen-bond donors (Lipinski definition) is 5. The Bertz CT molecular complexity index is 1470. The first-order chi connectivity index (χ1) is 24.2. The maximum absolute atomic E-state index is 13.1. The molecule has 0 unspecified atom stereocenters. The molecule has 0 aromatic heterocycles. The SMILES string of the molecule is COC(=O)[C@H](CSC(=O)[C@H](C)NC(=O)OCc1ccccc1)NC(=O)CCNC(=O)[C@H](Cc1ccccc1)NC(=O)CCNC(=O)OC(C)(C)C. The van der Waals surface area contributed by atoms with Crippen molar-refractivity contribution in [2.75, 3.05) is 26.0 Å². The minimum Gasteiger partial charge on any atom is -0.467 e. The number of nitrogens with one attached hydrogen (secondary N) is 5. The maximum Gasteiger partial charge on any atom is 0.408 e. The number of benzene rings is 2. The minimum absolute atomic E-state index is 0.0114. The molecule has 0 aliphatic carbocycles. The van der Waals surface area contributed by atoms with Gasteiger partial charge in [-0.15, -0.1) is 0 Å². The fourth-order valence-corrected chi connectivity index (χ4v) is 5.07. The summed E-state index contributed by atoms with van der Waals surface area (Å²) in [5.41, 5.74) is 0.861. The number of alkyl carbamates (subject to hydrolysis) is 2. The van der Waals surface area contributed by atoms with Crippen molar-refractivity contribution in [1.29, 1.82) is 0 Å². The number of thioether (sulfide) groups is 1. The molecular formula is C35H47N5O10S. The van der Waals surface area contributed by atoms with Gasteiger partial charge in [0.2, 0.25) is 22.8 Å². The van der Waals surface area contributed by atoms with Crippen molar-refractivity contribution < 1.29 is 47.8 Å². The van der Waals surface area contributed by atoms with Crippen molar-refractivity contribution in [2.45, 2.75) is 77.3 Å². The smallest absolute Gasteiger partial charge is 0.408 e. The number of hydrogen-bond acceptors (Lipinski definition) is 11. The third-order valence-electron chi connectivity index (χ3n) is 6.72. The number of methoxy groups -OCH3 is 1. The van der Waals surface area contributed by atoms with Gasteiger partial charge in [-0.1, -0.05) is 72.4 Å². The Kier molecular flexibility index (Phi) is 18.0. The van der Waals surface area contributed by atoms with Crippen LogP contribution in [0.4, 0.5) is 9.59 Å². The van der Waals surface area contributed by atoms with Crippen LogP contribution in [0.2, 0.25) is 0 Å². The molecule has 0 heterocycles. The van der Waals surface area contributed by atoms with Crippen LogP contribution in [0.3, 0.4) is 0 Å². The van der Waals surface area contributed by atoms with Crippen molar-refractivity contribution in [2.24, 2.45) is 0 Å². The molecule has 15 nitrogen and oxygen atoms in total. The van der Waals surface area contributed by atoms with Crippen molar-refractivity contribution >= 4 is 52.8 Å². The van der Waals surface area contributed by atoms with Gasteiger partial charge in [-0.25, -0.2) is 14.4 Å². The van der Waals surface area contributed by atoms with E-state index in [0.29, 0.717) is 0 Å². The highest BCUT2D eigenvalue weighted by Crippen LogP contribution is 2.11. The summed E-state index contributed by atoms with van der Waals surface area (Å²) >= 11 is 0.718. The first-order valence-electron chi connectivity index (χ1n) is 16.3. The standard InChI is InChI=1S/C35H47N5O10S/c1-23(38-34(47)49-21-25-14-10-7-11-15-25)32(45)51-22-27(31(44)48-5)40-29(42)16-18-36-30(43)26(20-24-12-8-6-9-13-24)39-28(41)17-19-37-33(46)50-35(2,3)4/h6-15,23,26-27H,16-22H2,1-5H3,(H,36,43)(H,37,46)(H,38,47)(H,39,41)(H,40,42)/t23-,26-,27-/m0/s1. The molecule has 0 fully saturated rings. The van der Waals surface area contributed by atoms with Crippen molar-refractivity contribution in [3.8, 4) is 0 Å². The van der Waals surface area contributed by atoms with E-state index in [9.17, 15) is 33.6 Å². The minimum atomic E-state index is -1.19. The summed E-state index contributed by atoms with van der Waals surface area (Å²) < 4.78 is 15.0. The summed E-state index contributed by atoms with van der Waals surface area (Å²) in [7, 11) is 1.13. The molecule has 2 aromatic carbocycles. The lowest BCUT2D eigenvalue weighted by Gasteiger charge is -2.20. The highest BCUT2D eigenvalue weighted by atomic mass is 32.2. The van der Waals surface area contributed by atoms with Crippen LogP contribution in [0.5, 0.6) is 0 Å². The van der Waals surface area contributed by atoms with Crippen molar-refractivity contribution in [3.05, 3.63) is 71.8 Å². The lowest BCUT2D eigenvalue weighted by molar-refractivity contribution is -0.144. The van der Waals surface area contributed by atoms with Gasteiger partial charge in [-0.3, -0.25) is 19.2 Å². The molecular weight excluding hydrogens is 682 g/mol. The molecule has 0 aliphatic rings. The normalized spacial score (nSPS) is 12.6. The third kappa shape index (κ3) is 17.9. The van der Waals surface area contributed by atoms with Gasteiger partial charge < -0.3 is 40.8 Å². The highest BCUT2D eigenvalue weighted by Gasteiger charge is 2.26. The molecule has 3 atom stereocenters. The van der Waals surface area contributed by atoms with Gasteiger partial charge in [0.05, 0.1) is 13.2 Å². The second kappa shape index (κ2) is 21.9. The molecule has 0 bridgehead atoms. The molecule has 51 heavy (non-hydrogen) atoms. The first-order valence-corrected chi connectivity index (χ1v) is 17.2. The summed E-state index contributed by atoms with van der Waals surface area (Å²) in [5.74, 6) is -2.60. The average molecular weight is 730 g/mol. The molecule has 5 amide bonds. The average Bonchev–Trinajstić information content (AvgIpc) is 3.08. The van der Waals surface area contributed by atoms with Crippen LogP contribution >= 0.6 is 11.8 Å². The maximum atomic E-state index is 13.1. The van der Waals surface area contributed by atoms with Crippen LogP contribution in [0, 0.1) is 0 Å². The van der Waals surface area contributed by atoms with E-state index in [0.717, 1.165) is 30.0 Å². The van der Waals surface area contributed by atoms with Gasteiger partial charge in [0.1, 0.15) is 24.3 Å². The van der Waals surface area contributed by atoms with E-state index >= 15 is 0 Å². The predicted octanol–water partition coefficient (Wildman–Crippen LogP) is 2.37. The van der Waals surface area contributed by atoms with Gasteiger partial charge in [0, 0.05) is 38.1 Å². The van der Waals surface area contributed by atoms with Crippen LogP contribution in [-0.4, -0.2) is 90.7 Å². The van der Waals surface area contributed by atoms with E-state index in [1.54, 1.807) is 69.3 Å². The fraction of sp³-hybridized carbons (Fsp3) is 0.457. The first kappa shape index (κ1) is 42.0. The van der Waals surface area contributed by atoms with E-state index < -0.39 is 64.7 Å². The molecule has 0 spiro atoms. The molecule has 2 aromatic rings. The lowest BCUT2D eigenvalue weighted by atomic mass is 10.0. The quantitative estimate of drug-likeness (QED) is 0.111. The topological polar surface area (TPSA) is 207 Å². The lowest BCUT2D eigenvalue weighted by Crippen LogP contribution is -2.49. The Labute approximate surface area is 301 Å². The monoisotopic (exact) mass is 729 g/mol. The van der Waals surface area contributed by atoms with E-state index in [1.165, 1.54) is 6.92 Å². The van der Waals surface area contributed by atoms with Crippen LogP contribution < -0.4 is 26.6 Å². The van der Waals surface area contributed by atoms with Crippen LogP contribution in [0.15, 0.2) is 60.7 Å². The Morgan fingerprint density at radius 2 is 1.27 bits per heavy atom. The number of amides is 5. The number of carbonyl (C=O) groups excluding carboxylic acids is 7. The fourth-order valence-electron chi connectivity index (χ4n) is 4.21. The zero-order valence-electron chi connectivity index (χ0n) is 29.4. The Balaban J connectivity index is 1.85. The number of rotatable bonds is 18. The Morgan fingerprint density at radius 3 is 1.84 bits per heavy atom. The molecule has 16 heteroatoms. The molecule has 0 radical (unpaired) electrons.